The van der Waals surface area contributed by atoms with Gasteiger partial charge in [-0.05, 0) is 34.8 Å². The zero-order valence-corrected chi connectivity index (χ0v) is 12.6. The fraction of sp³-hybridized carbons (Fsp3) is 0.429. The van der Waals surface area contributed by atoms with Crippen LogP contribution in [-0.4, -0.2) is 17.0 Å². The molecule has 0 aliphatic heterocycles. The van der Waals surface area contributed by atoms with Gasteiger partial charge in [-0.15, -0.1) is 0 Å². The second kappa shape index (κ2) is 6.51. The van der Waals surface area contributed by atoms with Crippen LogP contribution < -0.4 is 5.32 Å². The molecule has 0 saturated heterocycles. The number of halogens is 3. The molecule has 21 heavy (non-hydrogen) atoms. The van der Waals surface area contributed by atoms with Crippen molar-refractivity contribution in [3.63, 3.8) is 0 Å². The third-order valence-corrected chi connectivity index (χ3v) is 4.30. The van der Waals surface area contributed by atoms with Gasteiger partial charge >= 0.3 is 5.97 Å². The summed E-state index contributed by atoms with van der Waals surface area (Å²) >= 11 is 2.85. The molecule has 0 radical (unpaired) electrons. The van der Waals surface area contributed by atoms with Crippen LogP contribution in [0.2, 0.25) is 0 Å². The van der Waals surface area contributed by atoms with Gasteiger partial charge in [0.25, 0.3) is 0 Å². The van der Waals surface area contributed by atoms with Crippen molar-refractivity contribution in [2.45, 2.75) is 25.7 Å². The molecule has 1 amide bonds. The fourth-order valence-corrected chi connectivity index (χ4v) is 2.90. The highest BCUT2D eigenvalue weighted by Crippen LogP contribution is 2.32. The predicted molar refractivity (Wildman–Crippen MR) is 75.8 cm³/mol. The lowest BCUT2D eigenvalue weighted by atomic mass is 9.78. The molecule has 2 unspecified atom stereocenters. The summed E-state index contributed by atoms with van der Waals surface area (Å²) in [7, 11) is 0. The van der Waals surface area contributed by atoms with Gasteiger partial charge in [0.15, 0.2) is 0 Å². The molecule has 1 saturated carbocycles. The Labute approximate surface area is 128 Å². The summed E-state index contributed by atoms with van der Waals surface area (Å²) in [6.45, 7) is 0. The van der Waals surface area contributed by atoms with Crippen molar-refractivity contribution in [2.24, 2.45) is 11.8 Å². The van der Waals surface area contributed by atoms with Crippen molar-refractivity contribution >= 4 is 33.5 Å². The van der Waals surface area contributed by atoms with E-state index < -0.39 is 35.3 Å². The van der Waals surface area contributed by atoms with Gasteiger partial charge in [-0.25, -0.2) is 8.78 Å². The minimum Gasteiger partial charge on any atom is -0.481 e. The molecule has 2 N–H and O–H groups in total. The highest BCUT2D eigenvalue weighted by atomic mass is 79.9. The van der Waals surface area contributed by atoms with E-state index >= 15 is 0 Å². The molecular weight excluding hydrogens is 348 g/mol. The van der Waals surface area contributed by atoms with E-state index in [0.29, 0.717) is 12.8 Å². The van der Waals surface area contributed by atoms with E-state index in [1.165, 1.54) is 0 Å². The Kier molecular flexibility index (Phi) is 4.92. The lowest BCUT2D eigenvalue weighted by Crippen LogP contribution is -2.36. The van der Waals surface area contributed by atoms with Crippen LogP contribution in [-0.2, 0) is 9.59 Å². The second-order valence-electron chi connectivity index (χ2n) is 5.07. The van der Waals surface area contributed by atoms with E-state index in [4.69, 9.17) is 5.11 Å². The summed E-state index contributed by atoms with van der Waals surface area (Å²) in [6.07, 6.45) is 2.36. The third kappa shape index (κ3) is 3.58. The molecule has 0 bridgehead atoms. The molecule has 0 aromatic heterocycles. The first-order valence-corrected chi connectivity index (χ1v) is 7.37. The maximum absolute atomic E-state index is 13.7. The van der Waals surface area contributed by atoms with Crippen LogP contribution in [0.4, 0.5) is 14.5 Å². The number of carbonyl (C=O) groups excluding carboxylic acids is 1. The summed E-state index contributed by atoms with van der Waals surface area (Å²) in [5.41, 5.74) is -0.282. The van der Waals surface area contributed by atoms with Gasteiger partial charge in [0.2, 0.25) is 5.91 Å². The standard InChI is InChI=1S/C14H14BrF2NO3/c15-9-5-11(17)12(6-10(9)16)18-13(19)7-3-1-2-4-8(7)14(20)21/h5-8H,1-4H2,(H,18,19)(H,20,21). The van der Waals surface area contributed by atoms with E-state index in [2.05, 4.69) is 21.2 Å². The number of anilines is 1. The highest BCUT2D eigenvalue weighted by molar-refractivity contribution is 9.10. The van der Waals surface area contributed by atoms with Crippen LogP contribution in [0.3, 0.4) is 0 Å². The molecule has 114 valence electrons. The first-order chi connectivity index (χ1) is 9.90. The van der Waals surface area contributed by atoms with Gasteiger partial charge in [0.1, 0.15) is 11.6 Å². The smallest absolute Gasteiger partial charge is 0.307 e. The maximum atomic E-state index is 13.7. The molecule has 4 nitrogen and oxygen atoms in total. The number of nitrogens with one attached hydrogen (secondary N) is 1. The van der Waals surface area contributed by atoms with E-state index in [1.807, 2.05) is 0 Å². The van der Waals surface area contributed by atoms with Crippen molar-refractivity contribution in [2.75, 3.05) is 5.32 Å². The number of carbonyl (C=O) groups is 2. The van der Waals surface area contributed by atoms with Crippen LogP contribution in [0.15, 0.2) is 16.6 Å². The quantitative estimate of drug-likeness (QED) is 0.809. The van der Waals surface area contributed by atoms with Crippen LogP contribution >= 0.6 is 15.9 Å². The number of hydrogen-bond acceptors (Lipinski definition) is 2. The van der Waals surface area contributed by atoms with Gasteiger partial charge in [-0.2, -0.15) is 0 Å². The monoisotopic (exact) mass is 361 g/mol. The van der Waals surface area contributed by atoms with Crippen molar-refractivity contribution < 1.29 is 23.5 Å². The molecule has 1 aromatic rings. The maximum Gasteiger partial charge on any atom is 0.307 e. The third-order valence-electron chi connectivity index (χ3n) is 3.69. The molecule has 7 heteroatoms. The molecule has 2 atom stereocenters. The van der Waals surface area contributed by atoms with Crippen LogP contribution in [0, 0.1) is 23.5 Å². The first kappa shape index (κ1) is 15.9. The number of hydrogen-bond donors (Lipinski definition) is 2. The molecular formula is C14H14BrF2NO3. The number of aliphatic carboxylic acids is 1. The Morgan fingerprint density at radius 2 is 1.76 bits per heavy atom. The van der Waals surface area contributed by atoms with E-state index in [-0.39, 0.29) is 10.2 Å². The second-order valence-corrected chi connectivity index (χ2v) is 5.93. The summed E-state index contributed by atoms with van der Waals surface area (Å²) in [5, 5.41) is 11.4. The summed E-state index contributed by atoms with van der Waals surface area (Å²) in [4.78, 5) is 23.3. The average molecular weight is 362 g/mol. The van der Waals surface area contributed by atoms with Crippen LogP contribution in [0.25, 0.3) is 0 Å². The Morgan fingerprint density at radius 1 is 1.14 bits per heavy atom. The lowest BCUT2D eigenvalue weighted by Gasteiger charge is -2.27. The number of carboxylic acids is 1. The zero-order valence-electron chi connectivity index (χ0n) is 11.0. The molecule has 1 aromatic carbocycles. The van der Waals surface area contributed by atoms with Gasteiger partial charge in [0.05, 0.1) is 22.0 Å². The molecule has 1 aliphatic carbocycles. The van der Waals surface area contributed by atoms with E-state index in [9.17, 15) is 18.4 Å². The molecule has 1 aliphatic rings. The Hall–Kier alpha value is -1.50. The molecule has 1 fully saturated rings. The average Bonchev–Trinajstić information content (AvgIpc) is 2.44. The summed E-state index contributed by atoms with van der Waals surface area (Å²) in [6, 6.07) is 1.79. The van der Waals surface area contributed by atoms with Gasteiger partial charge in [-0.3, -0.25) is 9.59 Å². The lowest BCUT2D eigenvalue weighted by molar-refractivity contribution is -0.147. The van der Waals surface area contributed by atoms with E-state index in [1.54, 1.807) is 0 Å². The number of rotatable bonds is 3. The number of benzene rings is 1. The molecule has 2 rings (SSSR count). The Balaban J connectivity index is 2.17. The predicted octanol–water partition coefficient (Wildman–Crippen LogP) is 3.56. The topological polar surface area (TPSA) is 66.4 Å². The SMILES string of the molecule is O=C(O)C1CCCCC1C(=O)Nc1cc(F)c(Br)cc1F. The largest absolute Gasteiger partial charge is 0.481 e. The summed E-state index contributed by atoms with van der Waals surface area (Å²) in [5.74, 6) is -4.59. The number of amides is 1. The van der Waals surface area contributed by atoms with Crippen molar-refractivity contribution in [1.82, 2.24) is 0 Å². The van der Waals surface area contributed by atoms with Gasteiger partial charge in [0, 0.05) is 6.07 Å². The van der Waals surface area contributed by atoms with Gasteiger partial charge in [-0.1, -0.05) is 12.8 Å². The van der Waals surface area contributed by atoms with E-state index in [0.717, 1.165) is 25.0 Å². The van der Waals surface area contributed by atoms with Crippen LogP contribution in [0.5, 0.6) is 0 Å². The molecule has 0 spiro atoms. The number of carboxylic acid groups (broad SMARTS) is 1. The Bertz CT molecular complexity index is 580. The van der Waals surface area contributed by atoms with Crippen LogP contribution in [0.1, 0.15) is 25.7 Å². The summed E-state index contributed by atoms with van der Waals surface area (Å²) < 4.78 is 27.0. The van der Waals surface area contributed by atoms with Gasteiger partial charge < -0.3 is 10.4 Å². The molecule has 0 heterocycles. The Morgan fingerprint density at radius 3 is 2.38 bits per heavy atom. The first-order valence-electron chi connectivity index (χ1n) is 6.58. The minimum atomic E-state index is -1.03. The zero-order chi connectivity index (χ0) is 15.6. The van der Waals surface area contributed by atoms with Crippen molar-refractivity contribution in [3.05, 3.63) is 28.2 Å². The van der Waals surface area contributed by atoms with Crippen molar-refractivity contribution in [1.29, 1.82) is 0 Å². The minimum absolute atomic E-state index is 0.0425. The fourth-order valence-electron chi connectivity index (χ4n) is 2.58. The normalized spacial score (nSPS) is 21.9. The highest BCUT2D eigenvalue weighted by Gasteiger charge is 2.36. The van der Waals surface area contributed by atoms with Crippen molar-refractivity contribution in [3.8, 4) is 0 Å².